The Balaban J connectivity index is 2.03. The summed E-state index contributed by atoms with van der Waals surface area (Å²) < 4.78 is 5.44. The van der Waals surface area contributed by atoms with Gasteiger partial charge in [-0.3, -0.25) is 4.79 Å². The van der Waals surface area contributed by atoms with Gasteiger partial charge >= 0.3 is 11.7 Å². The van der Waals surface area contributed by atoms with Gasteiger partial charge in [0.05, 0.1) is 0 Å². The van der Waals surface area contributed by atoms with E-state index >= 15 is 0 Å². The lowest BCUT2D eigenvalue weighted by molar-refractivity contribution is -0.608. The second-order valence-corrected chi connectivity index (χ2v) is 5.27. The van der Waals surface area contributed by atoms with Crippen LogP contribution in [0.15, 0.2) is 42.6 Å². The van der Waals surface area contributed by atoms with E-state index in [0.29, 0.717) is 10.4 Å². The third-order valence-electron chi connectivity index (χ3n) is 3.33. The van der Waals surface area contributed by atoms with Crippen molar-refractivity contribution in [2.45, 2.75) is 26.9 Å². The smallest absolute Gasteiger partial charge is 0.405 e. The lowest BCUT2D eigenvalue weighted by Gasteiger charge is -2.14. The minimum atomic E-state index is -1.02. The van der Waals surface area contributed by atoms with E-state index in [0.717, 1.165) is 11.1 Å². The zero-order valence-electron chi connectivity index (χ0n) is 13.2. The van der Waals surface area contributed by atoms with Crippen LogP contribution in [0.2, 0.25) is 0 Å². The molecule has 1 amide bonds. The summed E-state index contributed by atoms with van der Waals surface area (Å²) in [5, 5.41) is 14.2. The molecule has 120 valence electrons. The summed E-state index contributed by atoms with van der Waals surface area (Å²) in [4.78, 5) is 24.0. The highest BCUT2D eigenvalue weighted by Crippen LogP contribution is 2.16. The van der Waals surface area contributed by atoms with E-state index in [1.54, 1.807) is 12.1 Å². The van der Waals surface area contributed by atoms with E-state index in [9.17, 15) is 14.8 Å². The predicted molar refractivity (Wildman–Crippen MR) is 84.8 cm³/mol. The molecule has 0 spiro atoms. The molecule has 0 unspecified atom stereocenters. The van der Waals surface area contributed by atoms with Crippen LogP contribution in [0.4, 0.5) is 5.69 Å². The molecule has 0 aliphatic carbocycles. The molecule has 23 heavy (non-hydrogen) atoms. The molecule has 0 aliphatic heterocycles. The quantitative estimate of drug-likeness (QED) is 0.532. The van der Waals surface area contributed by atoms with Gasteiger partial charge in [-0.05, 0) is 38.5 Å². The average molecular weight is 314 g/mol. The minimum Gasteiger partial charge on any atom is -0.618 e. The molecule has 0 radical (unpaired) electrons. The van der Waals surface area contributed by atoms with Crippen molar-refractivity contribution in [1.82, 2.24) is 0 Å². The van der Waals surface area contributed by atoms with Crippen LogP contribution in [0.3, 0.4) is 0 Å². The van der Waals surface area contributed by atoms with Gasteiger partial charge in [-0.1, -0.05) is 17.7 Å². The molecular formula is C17H18N2O4. The van der Waals surface area contributed by atoms with Gasteiger partial charge in [0, 0.05) is 17.8 Å². The Kier molecular flexibility index (Phi) is 4.95. The molecule has 0 fully saturated rings. The summed E-state index contributed by atoms with van der Waals surface area (Å²) >= 11 is 0. The SMILES string of the molecule is Cc1ccc(NC(=O)[C@@H](C)OC(=O)c2cccc[n+]2[O-])c(C)c1. The first-order chi connectivity index (χ1) is 10.9. The van der Waals surface area contributed by atoms with E-state index in [-0.39, 0.29) is 5.69 Å². The normalized spacial score (nSPS) is 11.6. The molecule has 0 saturated carbocycles. The Labute approximate surface area is 134 Å². The van der Waals surface area contributed by atoms with Gasteiger partial charge in [0.2, 0.25) is 0 Å². The molecule has 6 heteroatoms. The topological polar surface area (TPSA) is 82.3 Å². The predicted octanol–water partition coefficient (Wildman–Crippen LogP) is 2.12. The average Bonchev–Trinajstić information content (AvgIpc) is 2.50. The van der Waals surface area contributed by atoms with Crippen LogP contribution in [0, 0.1) is 19.1 Å². The van der Waals surface area contributed by atoms with E-state index < -0.39 is 18.0 Å². The summed E-state index contributed by atoms with van der Waals surface area (Å²) in [6.07, 6.45) is 0.167. The van der Waals surface area contributed by atoms with Crippen molar-refractivity contribution < 1.29 is 19.1 Å². The number of aromatic nitrogens is 1. The number of anilines is 1. The summed E-state index contributed by atoms with van der Waals surface area (Å²) in [6.45, 7) is 5.29. The summed E-state index contributed by atoms with van der Waals surface area (Å²) in [6, 6.07) is 10.00. The van der Waals surface area contributed by atoms with Crippen LogP contribution in [0.1, 0.15) is 28.5 Å². The van der Waals surface area contributed by atoms with E-state index in [1.807, 2.05) is 26.0 Å². The molecule has 1 aromatic heterocycles. The van der Waals surface area contributed by atoms with Crippen LogP contribution >= 0.6 is 0 Å². The molecule has 2 rings (SSSR count). The van der Waals surface area contributed by atoms with Crippen LogP contribution in [0.25, 0.3) is 0 Å². The first kappa shape index (κ1) is 16.5. The molecule has 1 N–H and O–H groups in total. The highest BCUT2D eigenvalue weighted by atomic mass is 16.6. The fourth-order valence-corrected chi connectivity index (χ4v) is 2.05. The molecule has 1 atom stereocenters. The lowest BCUT2D eigenvalue weighted by Crippen LogP contribution is -2.37. The Hall–Kier alpha value is -2.89. The second-order valence-electron chi connectivity index (χ2n) is 5.27. The summed E-state index contributed by atoms with van der Waals surface area (Å²) in [7, 11) is 0. The number of rotatable bonds is 4. The van der Waals surface area contributed by atoms with E-state index in [2.05, 4.69) is 5.32 Å². The largest absolute Gasteiger partial charge is 0.618 e. The first-order valence-corrected chi connectivity index (χ1v) is 7.16. The number of hydrogen-bond donors (Lipinski definition) is 1. The van der Waals surface area contributed by atoms with Crippen LogP contribution in [0.5, 0.6) is 0 Å². The molecule has 1 heterocycles. The fraction of sp³-hybridized carbons (Fsp3) is 0.235. The van der Waals surface area contributed by atoms with Gasteiger partial charge in [-0.15, -0.1) is 0 Å². The number of hydrogen-bond acceptors (Lipinski definition) is 4. The monoisotopic (exact) mass is 314 g/mol. The Morgan fingerprint density at radius 3 is 2.61 bits per heavy atom. The number of pyridine rings is 1. The number of nitrogens with zero attached hydrogens (tertiary/aromatic N) is 1. The summed E-state index contributed by atoms with van der Waals surface area (Å²) in [5.41, 5.74) is 2.49. The van der Waals surface area contributed by atoms with E-state index in [1.165, 1.54) is 25.3 Å². The standard InChI is InChI=1S/C17H18N2O4/c1-11-7-8-14(12(2)10-11)18-16(20)13(3)23-17(21)15-6-4-5-9-19(15)22/h4-10,13H,1-3H3,(H,18,20)/t13-/m1/s1. The lowest BCUT2D eigenvalue weighted by atomic mass is 10.1. The maximum Gasteiger partial charge on any atom is 0.405 e. The highest BCUT2D eigenvalue weighted by Gasteiger charge is 2.23. The van der Waals surface area contributed by atoms with Crippen molar-refractivity contribution in [3.05, 3.63) is 64.6 Å². The van der Waals surface area contributed by atoms with Gasteiger partial charge < -0.3 is 15.3 Å². The fourth-order valence-electron chi connectivity index (χ4n) is 2.05. The molecule has 1 aromatic carbocycles. The summed E-state index contributed by atoms with van der Waals surface area (Å²) in [5.74, 6) is -1.30. The van der Waals surface area contributed by atoms with Gasteiger partial charge in [0.1, 0.15) is 0 Å². The van der Waals surface area contributed by atoms with Crippen LogP contribution in [-0.2, 0) is 9.53 Å². The van der Waals surface area contributed by atoms with Crippen molar-refractivity contribution in [3.63, 3.8) is 0 Å². The molecule has 6 nitrogen and oxygen atoms in total. The number of amides is 1. The minimum absolute atomic E-state index is 0.168. The zero-order chi connectivity index (χ0) is 17.0. The van der Waals surface area contributed by atoms with Crippen molar-refractivity contribution in [2.75, 3.05) is 5.32 Å². The molecule has 0 aliphatic rings. The second kappa shape index (κ2) is 6.91. The van der Waals surface area contributed by atoms with Crippen molar-refractivity contribution in [2.24, 2.45) is 0 Å². The Morgan fingerprint density at radius 2 is 1.96 bits per heavy atom. The van der Waals surface area contributed by atoms with Gasteiger partial charge in [0.25, 0.3) is 5.91 Å². The number of carbonyl (C=O) groups is 2. The number of benzene rings is 1. The van der Waals surface area contributed by atoms with Crippen molar-refractivity contribution in [3.8, 4) is 0 Å². The van der Waals surface area contributed by atoms with Crippen LogP contribution < -0.4 is 10.0 Å². The maximum absolute atomic E-state index is 12.1. The van der Waals surface area contributed by atoms with Crippen molar-refractivity contribution >= 4 is 17.6 Å². The number of esters is 1. The maximum atomic E-state index is 12.1. The molecular weight excluding hydrogens is 296 g/mol. The first-order valence-electron chi connectivity index (χ1n) is 7.16. The zero-order valence-corrected chi connectivity index (χ0v) is 13.2. The number of aryl methyl sites for hydroxylation is 2. The third-order valence-corrected chi connectivity index (χ3v) is 3.33. The number of ether oxygens (including phenoxy) is 1. The third kappa shape index (κ3) is 4.06. The van der Waals surface area contributed by atoms with Gasteiger partial charge in [-0.2, -0.15) is 4.73 Å². The molecule has 2 aromatic rings. The highest BCUT2D eigenvalue weighted by molar-refractivity contribution is 5.97. The van der Waals surface area contributed by atoms with E-state index in [4.69, 9.17) is 4.74 Å². The van der Waals surface area contributed by atoms with Crippen LogP contribution in [-0.4, -0.2) is 18.0 Å². The molecule has 0 bridgehead atoms. The number of nitrogens with one attached hydrogen (secondary N) is 1. The number of carbonyl (C=O) groups excluding carboxylic acids is 2. The van der Waals surface area contributed by atoms with Gasteiger partial charge in [0.15, 0.2) is 12.3 Å². The molecule has 0 saturated heterocycles. The van der Waals surface area contributed by atoms with Crippen molar-refractivity contribution in [1.29, 1.82) is 0 Å². The van der Waals surface area contributed by atoms with Gasteiger partial charge in [-0.25, -0.2) is 4.79 Å². The Bertz CT molecular complexity index is 743. The Morgan fingerprint density at radius 1 is 1.22 bits per heavy atom.